The summed E-state index contributed by atoms with van der Waals surface area (Å²) in [7, 11) is 3.90. The molecule has 0 aliphatic carbocycles. The molecule has 0 spiro atoms. The average molecular weight is 250 g/mol. The van der Waals surface area contributed by atoms with Crippen molar-refractivity contribution in [1.29, 1.82) is 0 Å². The minimum atomic E-state index is 0.275. The molecule has 1 atom stereocenters. The Morgan fingerprint density at radius 1 is 1.22 bits per heavy atom. The Morgan fingerprint density at radius 2 is 1.89 bits per heavy atom. The van der Waals surface area contributed by atoms with Gasteiger partial charge in [0.05, 0.1) is 12.6 Å². The van der Waals surface area contributed by atoms with Crippen LogP contribution >= 0.6 is 0 Å². The van der Waals surface area contributed by atoms with Gasteiger partial charge >= 0.3 is 0 Å². The molecule has 1 aromatic rings. The van der Waals surface area contributed by atoms with Crippen LogP contribution in [0.25, 0.3) is 0 Å². The lowest BCUT2D eigenvalue weighted by Gasteiger charge is -2.24. The SMILES string of the molecule is COCC(NCCN(C)C(C)C)c1ccccc1. The van der Waals surface area contributed by atoms with E-state index in [0.717, 1.165) is 13.1 Å². The number of nitrogens with one attached hydrogen (secondary N) is 1. The number of methoxy groups -OCH3 is 1. The Hall–Kier alpha value is -0.900. The van der Waals surface area contributed by atoms with Gasteiger partial charge in [-0.3, -0.25) is 0 Å². The Balaban J connectivity index is 2.44. The van der Waals surface area contributed by atoms with Crippen molar-refractivity contribution in [2.75, 3.05) is 33.9 Å². The predicted molar refractivity (Wildman–Crippen MR) is 76.8 cm³/mol. The van der Waals surface area contributed by atoms with Crippen molar-refractivity contribution in [1.82, 2.24) is 10.2 Å². The van der Waals surface area contributed by atoms with E-state index in [-0.39, 0.29) is 6.04 Å². The summed E-state index contributed by atoms with van der Waals surface area (Å²) in [6.45, 7) is 7.14. The molecule has 1 aromatic carbocycles. The van der Waals surface area contributed by atoms with Crippen molar-refractivity contribution in [2.24, 2.45) is 0 Å². The Bertz CT molecular complexity index is 314. The first-order valence-electron chi connectivity index (χ1n) is 6.62. The Morgan fingerprint density at radius 3 is 2.44 bits per heavy atom. The molecule has 0 aliphatic heterocycles. The summed E-state index contributed by atoms with van der Waals surface area (Å²) in [5.74, 6) is 0. The van der Waals surface area contributed by atoms with E-state index in [4.69, 9.17) is 4.74 Å². The number of nitrogens with zero attached hydrogens (tertiary/aromatic N) is 1. The van der Waals surface area contributed by atoms with Crippen LogP contribution in [-0.2, 0) is 4.74 Å². The van der Waals surface area contributed by atoms with Gasteiger partial charge in [-0.05, 0) is 26.5 Å². The molecule has 3 heteroatoms. The number of rotatable bonds is 8. The van der Waals surface area contributed by atoms with Gasteiger partial charge in [0.1, 0.15) is 0 Å². The Labute approximate surface area is 111 Å². The number of likely N-dealkylation sites (N-methyl/N-ethyl adjacent to an activating group) is 1. The molecule has 0 radical (unpaired) electrons. The van der Waals surface area contributed by atoms with E-state index >= 15 is 0 Å². The first kappa shape index (κ1) is 15.2. The van der Waals surface area contributed by atoms with E-state index < -0.39 is 0 Å². The van der Waals surface area contributed by atoms with Gasteiger partial charge in [0.2, 0.25) is 0 Å². The molecule has 1 unspecified atom stereocenters. The molecule has 3 nitrogen and oxygen atoms in total. The molecule has 1 rings (SSSR count). The minimum Gasteiger partial charge on any atom is -0.383 e. The summed E-state index contributed by atoms with van der Waals surface area (Å²) in [5, 5.41) is 3.56. The third-order valence-corrected chi connectivity index (χ3v) is 3.27. The van der Waals surface area contributed by atoms with Crippen LogP contribution in [0.5, 0.6) is 0 Å². The molecule has 0 amide bonds. The van der Waals surface area contributed by atoms with Gasteiger partial charge < -0.3 is 15.0 Å². The zero-order valence-corrected chi connectivity index (χ0v) is 12.0. The van der Waals surface area contributed by atoms with Crippen molar-refractivity contribution in [2.45, 2.75) is 25.9 Å². The molecule has 1 N–H and O–H groups in total. The summed E-state index contributed by atoms with van der Waals surface area (Å²) >= 11 is 0. The lowest BCUT2D eigenvalue weighted by atomic mass is 10.1. The fourth-order valence-electron chi connectivity index (χ4n) is 1.80. The summed E-state index contributed by atoms with van der Waals surface area (Å²) < 4.78 is 5.29. The van der Waals surface area contributed by atoms with E-state index in [2.05, 4.69) is 55.4 Å². The minimum absolute atomic E-state index is 0.275. The van der Waals surface area contributed by atoms with E-state index in [1.54, 1.807) is 7.11 Å². The smallest absolute Gasteiger partial charge is 0.0657 e. The quantitative estimate of drug-likeness (QED) is 0.766. The molecular formula is C15H26N2O. The van der Waals surface area contributed by atoms with Gasteiger partial charge in [-0.25, -0.2) is 0 Å². The monoisotopic (exact) mass is 250 g/mol. The first-order valence-corrected chi connectivity index (χ1v) is 6.62. The van der Waals surface area contributed by atoms with Crippen LogP contribution in [-0.4, -0.2) is 44.8 Å². The molecule has 0 aromatic heterocycles. The van der Waals surface area contributed by atoms with Gasteiger partial charge in [-0.2, -0.15) is 0 Å². The highest BCUT2D eigenvalue weighted by molar-refractivity contribution is 5.18. The van der Waals surface area contributed by atoms with E-state index in [1.807, 2.05) is 6.07 Å². The van der Waals surface area contributed by atoms with Gasteiger partial charge in [-0.15, -0.1) is 0 Å². The molecule has 102 valence electrons. The lowest BCUT2D eigenvalue weighted by molar-refractivity contribution is 0.163. The van der Waals surface area contributed by atoms with Crippen LogP contribution in [0, 0.1) is 0 Å². The van der Waals surface area contributed by atoms with Crippen LogP contribution in [0.1, 0.15) is 25.5 Å². The predicted octanol–water partition coefficient (Wildman–Crippen LogP) is 2.30. The average Bonchev–Trinajstić information content (AvgIpc) is 2.38. The highest BCUT2D eigenvalue weighted by Crippen LogP contribution is 2.12. The second-order valence-corrected chi connectivity index (χ2v) is 4.95. The first-order chi connectivity index (χ1) is 8.65. The maximum atomic E-state index is 5.29. The molecule has 0 aliphatic rings. The second-order valence-electron chi connectivity index (χ2n) is 4.95. The van der Waals surface area contributed by atoms with E-state index in [0.29, 0.717) is 12.6 Å². The van der Waals surface area contributed by atoms with Crippen LogP contribution in [0.4, 0.5) is 0 Å². The van der Waals surface area contributed by atoms with E-state index in [1.165, 1.54) is 5.56 Å². The van der Waals surface area contributed by atoms with E-state index in [9.17, 15) is 0 Å². The van der Waals surface area contributed by atoms with Crippen LogP contribution in [0.2, 0.25) is 0 Å². The fourth-order valence-corrected chi connectivity index (χ4v) is 1.80. The number of ether oxygens (including phenoxy) is 1. The van der Waals surface area contributed by atoms with Crippen molar-refractivity contribution < 1.29 is 4.74 Å². The van der Waals surface area contributed by atoms with Gasteiger partial charge in [0.15, 0.2) is 0 Å². The highest BCUT2D eigenvalue weighted by atomic mass is 16.5. The summed E-state index contributed by atoms with van der Waals surface area (Å²) in [6, 6.07) is 11.3. The molecule has 0 saturated carbocycles. The molecule has 0 heterocycles. The molecular weight excluding hydrogens is 224 g/mol. The maximum Gasteiger partial charge on any atom is 0.0657 e. The van der Waals surface area contributed by atoms with Crippen molar-refractivity contribution in [3.8, 4) is 0 Å². The van der Waals surface area contributed by atoms with Crippen LogP contribution in [0.3, 0.4) is 0 Å². The number of benzene rings is 1. The molecule has 0 saturated heterocycles. The molecule has 0 bridgehead atoms. The third kappa shape index (κ3) is 5.17. The zero-order chi connectivity index (χ0) is 13.4. The summed E-state index contributed by atoms with van der Waals surface area (Å²) in [4.78, 5) is 2.34. The Kier molecular flexibility index (Phi) is 6.94. The van der Waals surface area contributed by atoms with Crippen LogP contribution < -0.4 is 5.32 Å². The zero-order valence-electron chi connectivity index (χ0n) is 12.0. The van der Waals surface area contributed by atoms with Gasteiger partial charge in [0, 0.05) is 26.2 Å². The standard InChI is InChI=1S/C15H26N2O/c1-13(2)17(3)11-10-16-15(12-18-4)14-8-6-5-7-9-14/h5-9,13,15-16H,10-12H2,1-4H3. The number of hydrogen-bond donors (Lipinski definition) is 1. The van der Waals surface area contributed by atoms with Crippen LogP contribution in [0.15, 0.2) is 30.3 Å². The fraction of sp³-hybridized carbons (Fsp3) is 0.600. The molecule has 18 heavy (non-hydrogen) atoms. The van der Waals surface area contributed by atoms with Crippen molar-refractivity contribution in [3.63, 3.8) is 0 Å². The van der Waals surface area contributed by atoms with Crippen molar-refractivity contribution >= 4 is 0 Å². The van der Waals surface area contributed by atoms with Crippen molar-refractivity contribution in [3.05, 3.63) is 35.9 Å². The second kappa shape index (κ2) is 8.25. The molecule has 0 fully saturated rings. The number of hydrogen-bond acceptors (Lipinski definition) is 3. The lowest BCUT2D eigenvalue weighted by Crippen LogP contribution is -2.36. The summed E-state index contributed by atoms with van der Waals surface area (Å²) in [5.41, 5.74) is 1.28. The topological polar surface area (TPSA) is 24.5 Å². The highest BCUT2D eigenvalue weighted by Gasteiger charge is 2.10. The van der Waals surface area contributed by atoms with Gasteiger partial charge in [0.25, 0.3) is 0 Å². The van der Waals surface area contributed by atoms with Gasteiger partial charge in [-0.1, -0.05) is 30.3 Å². The largest absolute Gasteiger partial charge is 0.383 e. The summed E-state index contributed by atoms with van der Waals surface area (Å²) in [6.07, 6.45) is 0. The third-order valence-electron chi connectivity index (χ3n) is 3.27. The maximum absolute atomic E-state index is 5.29. The normalized spacial score (nSPS) is 13.2.